The normalized spacial score (nSPS) is 24.9. The van der Waals surface area contributed by atoms with Gasteiger partial charge in [0.1, 0.15) is 11.6 Å². The summed E-state index contributed by atoms with van der Waals surface area (Å²) in [4.78, 5) is 2.17. The maximum Gasteiger partial charge on any atom is 0.130 e. The van der Waals surface area contributed by atoms with Gasteiger partial charge in [0.15, 0.2) is 0 Å². The first-order valence-corrected chi connectivity index (χ1v) is 7.40. The lowest BCUT2D eigenvalue weighted by atomic mass is 9.85. The number of hydrogen-bond donors (Lipinski definition) is 1. The zero-order chi connectivity index (χ0) is 14.7. The molecule has 3 unspecified atom stereocenters. The molecule has 1 aliphatic rings. The van der Waals surface area contributed by atoms with E-state index < -0.39 is 11.6 Å². The van der Waals surface area contributed by atoms with Crippen LogP contribution in [0.3, 0.4) is 0 Å². The van der Waals surface area contributed by atoms with Crippen LogP contribution in [0.25, 0.3) is 0 Å². The summed E-state index contributed by atoms with van der Waals surface area (Å²) in [5.74, 6) is -0.347. The highest BCUT2D eigenvalue weighted by Crippen LogP contribution is 2.32. The van der Waals surface area contributed by atoms with Gasteiger partial charge in [-0.2, -0.15) is 0 Å². The van der Waals surface area contributed by atoms with Crippen molar-refractivity contribution in [3.63, 3.8) is 0 Å². The van der Waals surface area contributed by atoms with Gasteiger partial charge in [-0.1, -0.05) is 25.8 Å². The second-order valence-electron chi connectivity index (χ2n) is 6.01. The molecule has 1 saturated carbocycles. The van der Waals surface area contributed by atoms with Crippen molar-refractivity contribution >= 4 is 0 Å². The van der Waals surface area contributed by atoms with Gasteiger partial charge in [-0.3, -0.25) is 4.90 Å². The highest BCUT2D eigenvalue weighted by molar-refractivity contribution is 5.22. The first kappa shape index (κ1) is 15.4. The largest absolute Gasteiger partial charge is 0.329 e. The van der Waals surface area contributed by atoms with Crippen LogP contribution in [0.5, 0.6) is 0 Å². The van der Waals surface area contributed by atoms with Crippen LogP contribution in [0.4, 0.5) is 8.78 Å². The maximum absolute atomic E-state index is 14.0. The van der Waals surface area contributed by atoms with Crippen molar-refractivity contribution in [1.29, 1.82) is 0 Å². The Bertz CT molecular complexity index is 450. The first-order valence-electron chi connectivity index (χ1n) is 7.40. The molecule has 0 saturated heterocycles. The molecule has 0 radical (unpaired) electrons. The van der Waals surface area contributed by atoms with E-state index in [9.17, 15) is 8.78 Å². The quantitative estimate of drug-likeness (QED) is 0.916. The molecule has 3 atom stereocenters. The van der Waals surface area contributed by atoms with E-state index in [0.717, 1.165) is 18.9 Å². The van der Waals surface area contributed by atoms with Crippen molar-refractivity contribution in [3.8, 4) is 0 Å². The van der Waals surface area contributed by atoms with Gasteiger partial charge in [0.2, 0.25) is 0 Å². The molecule has 0 bridgehead atoms. The van der Waals surface area contributed by atoms with Crippen molar-refractivity contribution in [2.75, 3.05) is 13.6 Å². The van der Waals surface area contributed by atoms with Gasteiger partial charge in [-0.25, -0.2) is 8.78 Å². The van der Waals surface area contributed by atoms with Crippen molar-refractivity contribution in [1.82, 2.24) is 4.90 Å². The Balaban J connectivity index is 2.18. The molecule has 1 aromatic rings. The summed E-state index contributed by atoms with van der Waals surface area (Å²) in [5.41, 5.74) is 6.35. The van der Waals surface area contributed by atoms with Gasteiger partial charge in [0, 0.05) is 30.3 Å². The van der Waals surface area contributed by atoms with E-state index in [4.69, 9.17) is 5.73 Å². The predicted octanol–water partition coefficient (Wildman–Crippen LogP) is 3.48. The number of nitrogens with two attached hydrogens (primary N) is 1. The molecule has 20 heavy (non-hydrogen) atoms. The van der Waals surface area contributed by atoms with Crippen LogP contribution in [0, 0.1) is 17.6 Å². The first-order chi connectivity index (χ1) is 9.52. The van der Waals surface area contributed by atoms with E-state index in [2.05, 4.69) is 11.8 Å². The third-order valence-electron chi connectivity index (χ3n) is 4.52. The topological polar surface area (TPSA) is 29.3 Å². The summed E-state index contributed by atoms with van der Waals surface area (Å²) < 4.78 is 27.0. The summed E-state index contributed by atoms with van der Waals surface area (Å²) in [6.07, 6.45) is 4.72. The highest BCUT2D eigenvalue weighted by atomic mass is 19.1. The molecule has 0 aromatic heterocycles. The van der Waals surface area contributed by atoms with Gasteiger partial charge in [0.05, 0.1) is 0 Å². The van der Waals surface area contributed by atoms with Gasteiger partial charge >= 0.3 is 0 Å². The van der Waals surface area contributed by atoms with Gasteiger partial charge < -0.3 is 5.73 Å². The van der Waals surface area contributed by atoms with Crippen molar-refractivity contribution in [2.45, 2.75) is 44.7 Å². The Kier molecular flexibility index (Phi) is 5.11. The smallest absolute Gasteiger partial charge is 0.130 e. The molecule has 4 heteroatoms. The van der Waals surface area contributed by atoms with E-state index in [1.165, 1.54) is 25.0 Å². The van der Waals surface area contributed by atoms with Gasteiger partial charge in [0.25, 0.3) is 0 Å². The molecule has 112 valence electrons. The third kappa shape index (κ3) is 3.36. The summed E-state index contributed by atoms with van der Waals surface area (Å²) in [7, 11) is 2.00. The fourth-order valence-electron chi connectivity index (χ4n) is 3.31. The second kappa shape index (κ2) is 6.64. The average molecular weight is 282 g/mol. The Morgan fingerprint density at radius 1 is 1.35 bits per heavy atom. The van der Waals surface area contributed by atoms with Crippen LogP contribution in [0.2, 0.25) is 0 Å². The molecule has 0 heterocycles. The lowest BCUT2D eigenvalue weighted by Gasteiger charge is -2.39. The Labute approximate surface area is 120 Å². The van der Waals surface area contributed by atoms with Crippen LogP contribution in [0.15, 0.2) is 18.2 Å². The second-order valence-corrected chi connectivity index (χ2v) is 6.01. The lowest BCUT2D eigenvalue weighted by molar-refractivity contribution is 0.119. The van der Waals surface area contributed by atoms with E-state index in [1.54, 1.807) is 0 Å². The number of halogens is 2. The SMILES string of the molecule is CC1CCCC(N(C)C(CN)c2ccc(F)cc2F)C1. The van der Waals surface area contributed by atoms with E-state index in [0.29, 0.717) is 24.1 Å². The molecule has 0 amide bonds. The lowest BCUT2D eigenvalue weighted by Crippen LogP contribution is -2.41. The number of benzene rings is 1. The minimum atomic E-state index is -0.545. The van der Waals surface area contributed by atoms with E-state index >= 15 is 0 Å². The summed E-state index contributed by atoms with van der Waals surface area (Å²) in [6.45, 7) is 2.60. The van der Waals surface area contributed by atoms with Gasteiger partial charge in [-0.05, 0) is 31.9 Å². The molecule has 0 spiro atoms. The molecular formula is C16H24F2N2. The number of likely N-dealkylation sites (N-methyl/N-ethyl adjacent to an activating group) is 1. The molecule has 2 rings (SSSR count). The number of nitrogens with zero attached hydrogens (tertiary/aromatic N) is 1. The van der Waals surface area contributed by atoms with Crippen LogP contribution in [-0.2, 0) is 0 Å². The van der Waals surface area contributed by atoms with Crippen LogP contribution in [-0.4, -0.2) is 24.5 Å². The zero-order valence-corrected chi connectivity index (χ0v) is 12.3. The molecule has 0 aliphatic heterocycles. The minimum Gasteiger partial charge on any atom is -0.329 e. The third-order valence-corrected chi connectivity index (χ3v) is 4.52. The minimum absolute atomic E-state index is 0.189. The zero-order valence-electron chi connectivity index (χ0n) is 12.3. The molecule has 1 aliphatic carbocycles. The average Bonchev–Trinajstić information content (AvgIpc) is 2.41. The Morgan fingerprint density at radius 3 is 2.70 bits per heavy atom. The molecule has 1 aromatic carbocycles. The summed E-state index contributed by atoms with van der Waals surface area (Å²) >= 11 is 0. The van der Waals surface area contributed by atoms with Crippen molar-refractivity contribution < 1.29 is 8.78 Å². The monoisotopic (exact) mass is 282 g/mol. The summed E-state index contributed by atoms with van der Waals surface area (Å²) in [6, 6.07) is 4.00. The van der Waals surface area contributed by atoms with Crippen LogP contribution in [0.1, 0.15) is 44.2 Å². The fourth-order valence-corrected chi connectivity index (χ4v) is 3.31. The number of rotatable bonds is 4. The van der Waals surface area contributed by atoms with Crippen LogP contribution >= 0.6 is 0 Å². The molecule has 2 N–H and O–H groups in total. The highest BCUT2D eigenvalue weighted by Gasteiger charge is 2.28. The summed E-state index contributed by atoms with van der Waals surface area (Å²) in [5, 5.41) is 0. The van der Waals surface area contributed by atoms with Crippen molar-refractivity contribution in [2.24, 2.45) is 11.7 Å². The standard InChI is InChI=1S/C16H24F2N2/c1-11-4-3-5-13(8-11)20(2)16(10-19)14-7-6-12(17)9-15(14)18/h6-7,9,11,13,16H,3-5,8,10,19H2,1-2H3. The van der Waals surface area contributed by atoms with Crippen LogP contribution < -0.4 is 5.73 Å². The predicted molar refractivity (Wildman–Crippen MR) is 77.3 cm³/mol. The van der Waals surface area contributed by atoms with E-state index in [-0.39, 0.29) is 6.04 Å². The molecule has 2 nitrogen and oxygen atoms in total. The molecule has 1 fully saturated rings. The Morgan fingerprint density at radius 2 is 2.10 bits per heavy atom. The van der Waals surface area contributed by atoms with Gasteiger partial charge in [-0.15, -0.1) is 0 Å². The Hall–Kier alpha value is -1.00. The molecular weight excluding hydrogens is 258 g/mol. The van der Waals surface area contributed by atoms with E-state index in [1.807, 2.05) is 7.05 Å². The number of hydrogen-bond acceptors (Lipinski definition) is 2. The fraction of sp³-hybridized carbons (Fsp3) is 0.625. The maximum atomic E-state index is 14.0. The van der Waals surface area contributed by atoms with Crippen molar-refractivity contribution in [3.05, 3.63) is 35.4 Å².